The minimum atomic E-state index is -0.382. The molecular weight excluding hydrogens is 224 g/mol. The number of benzene rings is 1. The molecular formula is C15H24N2O. The van der Waals surface area contributed by atoms with Crippen molar-refractivity contribution < 1.29 is 5.11 Å². The molecule has 2 unspecified atom stereocenters. The van der Waals surface area contributed by atoms with Gasteiger partial charge >= 0.3 is 0 Å². The zero-order valence-electron chi connectivity index (χ0n) is 11.2. The molecule has 0 radical (unpaired) electrons. The highest BCUT2D eigenvalue weighted by Crippen LogP contribution is 2.15. The molecule has 0 aliphatic carbocycles. The minimum absolute atomic E-state index is 0.382. The highest BCUT2D eigenvalue weighted by atomic mass is 16.3. The Balaban J connectivity index is 1.85. The van der Waals surface area contributed by atoms with Gasteiger partial charge in [0.25, 0.3) is 0 Å². The summed E-state index contributed by atoms with van der Waals surface area (Å²) < 4.78 is 0. The lowest BCUT2D eigenvalue weighted by molar-refractivity contribution is 0.111. The molecule has 1 aliphatic rings. The summed E-state index contributed by atoms with van der Waals surface area (Å²) in [6.45, 7) is 6.05. The molecule has 0 amide bonds. The quantitative estimate of drug-likeness (QED) is 0.806. The molecule has 2 N–H and O–H groups in total. The molecule has 1 aromatic rings. The maximum atomic E-state index is 10.2. The second-order valence-corrected chi connectivity index (χ2v) is 5.07. The number of aliphatic hydroxyl groups excluding tert-OH is 1. The topological polar surface area (TPSA) is 35.5 Å². The largest absolute Gasteiger partial charge is 0.387 e. The van der Waals surface area contributed by atoms with Crippen LogP contribution in [0.2, 0.25) is 0 Å². The fraction of sp³-hybridized carbons (Fsp3) is 0.600. The van der Waals surface area contributed by atoms with Crippen LogP contribution in [0.3, 0.4) is 0 Å². The Labute approximate surface area is 110 Å². The first-order chi connectivity index (χ1) is 8.79. The molecule has 1 aromatic carbocycles. The maximum absolute atomic E-state index is 10.2. The minimum Gasteiger partial charge on any atom is -0.387 e. The van der Waals surface area contributed by atoms with Crippen molar-refractivity contribution in [3.8, 4) is 0 Å². The summed E-state index contributed by atoms with van der Waals surface area (Å²) >= 11 is 0. The van der Waals surface area contributed by atoms with Crippen LogP contribution in [0, 0.1) is 0 Å². The fourth-order valence-corrected chi connectivity index (χ4v) is 2.58. The highest BCUT2D eigenvalue weighted by molar-refractivity contribution is 5.17. The average Bonchev–Trinajstić information content (AvgIpc) is 2.91. The van der Waals surface area contributed by atoms with Gasteiger partial charge in [-0.15, -0.1) is 0 Å². The summed E-state index contributed by atoms with van der Waals surface area (Å²) in [7, 11) is 0. The van der Waals surface area contributed by atoms with Crippen molar-refractivity contribution in [1.82, 2.24) is 10.2 Å². The SMILES string of the molecule is CCN(CC1CCCN1)CC(O)c1ccccc1. The standard InChI is InChI=1S/C15H24N2O/c1-2-17(11-14-9-6-10-16-14)12-15(18)13-7-4-3-5-8-13/h3-5,7-8,14-16,18H,2,6,9-12H2,1H3. The highest BCUT2D eigenvalue weighted by Gasteiger charge is 2.19. The van der Waals surface area contributed by atoms with Crippen LogP contribution >= 0.6 is 0 Å². The van der Waals surface area contributed by atoms with E-state index >= 15 is 0 Å². The van der Waals surface area contributed by atoms with Gasteiger partial charge < -0.3 is 10.4 Å². The molecule has 3 heteroatoms. The Kier molecular flexibility index (Phi) is 5.17. The average molecular weight is 248 g/mol. The molecule has 3 nitrogen and oxygen atoms in total. The second kappa shape index (κ2) is 6.88. The molecule has 2 rings (SSSR count). The number of hydrogen-bond acceptors (Lipinski definition) is 3. The van der Waals surface area contributed by atoms with Gasteiger partial charge in [-0.3, -0.25) is 4.90 Å². The van der Waals surface area contributed by atoms with E-state index in [1.54, 1.807) is 0 Å². The third-order valence-electron chi connectivity index (χ3n) is 3.70. The molecule has 1 aliphatic heterocycles. The van der Waals surface area contributed by atoms with Crippen molar-refractivity contribution in [1.29, 1.82) is 0 Å². The van der Waals surface area contributed by atoms with Gasteiger partial charge in [-0.05, 0) is 31.5 Å². The number of aliphatic hydroxyl groups is 1. The van der Waals surface area contributed by atoms with Crippen LogP contribution in [0.1, 0.15) is 31.4 Å². The molecule has 18 heavy (non-hydrogen) atoms. The van der Waals surface area contributed by atoms with Crippen molar-refractivity contribution in [3.05, 3.63) is 35.9 Å². The van der Waals surface area contributed by atoms with Gasteiger partial charge in [-0.25, -0.2) is 0 Å². The fourth-order valence-electron chi connectivity index (χ4n) is 2.58. The Morgan fingerprint density at radius 1 is 1.39 bits per heavy atom. The van der Waals surface area contributed by atoms with E-state index in [0.717, 1.165) is 31.7 Å². The van der Waals surface area contributed by atoms with Gasteiger partial charge in [-0.1, -0.05) is 37.3 Å². The molecule has 1 heterocycles. The third-order valence-corrected chi connectivity index (χ3v) is 3.70. The lowest BCUT2D eigenvalue weighted by Crippen LogP contribution is -2.39. The third kappa shape index (κ3) is 3.80. The second-order valence-electron chi connectivity index (χ2n) is 5.07. The molecule has 0 aromatic heterocycles. The van der Waals surface area contributed by atoms with Crippen molar-refractivity contribution in [2.75, 3.05) is 26.2 Å². The Hall–Kier alpha value is -0.900. The van der Waals surface area contributed by atoms with Crippen molar-refractivity contribution in [3.63, 3.8) is 0 Å². The van der Waals surface area contributed by atoms with E-state index in [-0.39, 0.29) is 6.10 Å². The van der Waals surface area contributed by atoms with Gasteiger partial charge in [0.2, 0.25) is 0 Å². The van der Waals surface area contributed by atoms with Crippen molar-refractivity contribution in [2.45, 2.75) is 31.9 Å². The normalized spacial score (nSPS) is 21.4. The maximum Gasteiger partial charge on any atom is 0.0916 e. The van der Waals surface area contributed by atoms with Gasteiger partial charge in [0.15, 0.2) is 0 Å². The predicted molar refractivity (Wildman–Crippen MR) is 74.5 cm³/mol. The molecule has 100 valence electrons. The first-order valence-corrected chi connectivity index (χ1v) is 6.98. The van der Waals surface area contributed by atoms with Crippen LogP contribution < -0.4 is 5.32 Å². The van der Waals surface area contributed by atoms with Gasteiger partial charge in [-0.2, -0.15) is 0 Å². The number of likely N-dealkylation sites (N-methyl/N-ethyl adjacent to an activating group) is 1. The zero-order valence-corrected chi connectivity index (χ0v) is 11.2. The van der Waals surface area contributed by atoms with E-state index in [9.17, 15) is 5.11 Å². The Bertz CT molecular complexity index is 336. The van der Waals surface area contributed by atoms with E-state index in [2.05, 4.69) is 17.1 Å². The molecule has 0 bridgehead atoms. The predicted octanol–water partition coefficient (Wildman–Crippen LogP) is 1.79. The summed E-state index contributed by atoms with van der Waals surface area (Å²) in [5.41, 5.74) is 1.01. The van der Waals surface area contributed by atoms with Crippen molar-refractivity contribution >= 4 is 0 Å². The van der Waals surface area contributed by atoms with Gasteiger partial charge in [0.05, 0.1) is 6.10 Å². The number of rotatable bonds is 6. The molecule has 1 saturated heterocycles. The van der Waals surface area contributed by atoms with Crippen LogP contribution in [0.25, 0.3) is 0 Å². The monoisotopic (exact) mass is 248 g/mol. The molecule has 0 spiro atoms. The van der Waals surface area contributed by atoms with E-state index in [1.165, 1.54) is 12.8 Å². The molecule has 2 atom stereocenters. The summed E-state index contributed by atoms with van der Waals surface area (Å²) in [6.07, 6.45) is 2.16. The van der Waals surface area contributed by atoms with Crippen LogP contribution in [0.15, 0.2) is 30.3 Å². The smallest absolute Gasteiger partial charge is 0.0916 e. The van der Waals surface area contributed by atoms with Crippen LogP contribution in [-0.2, 0) is 0 Å². The lowest BCUT2D eigenvalue weighted by Gasteiger charge is -2.26. The summed E-state index contributed by atoms with van der Waals surface area (Å²) in [5.74, 6) is 0. The summed E-state index contributed by atoms with van der Waals surface area (Å²) in [4.78, 5) is 2.33. The van der Waals surface area contributed by atoms with Crippen LogP contribution in [-0.4, -0.2) is 42.2 Å². The van der Waals surface area contributed by atoms with E-state index in [0.29, 0.717) is 6.04 Å². The summed E-state index contributed by atoms with van der Waals surface area (Å²) in [5, 5.41) is 13.7. The number of nitrogens with zero attached hydrogens (tertiary/aromatic N) is 1. The van der Waals surface area contributed by atoms with E-state index in [1.807, 2.05) is 30.3 Å². The van der Waals surface area contributed by atoms with Gasteiger partial charge in [0.1, 0.15) is 0 Å². The first kappa shape index (κ1) is 13.5. The number of hydrogen-bond donors (Lipinski definition) is 2. The Morgan fingerprint density at radius 3 is 2.78 bits per heavy atom. The van der Waals surface area contributed by atoms with E-state index < -0.39 is 0 Å². The van der Waals surface area contributed by atoms with Crippen LogP contribution in [0.5, 0.6) is 0 Å². The first-order valence-electron chi connectivity index (χ1n) is 6.98. The molecule has 0 saturated carbocycles. The zero-order chi connectivity index (χ0) is 12.8. The molecule has 1 fully saturated rings. The van der Waals surface area contributed by atoms with Crippen molar-refractivity contribution in [2.24, 2.45) is 0 Å². The van der Waals surface area contributed by atoms with E-state index in [4.69, 9.17) is 0 Å². The lowest BCUT2D eigenvalue weighted by atomic mass is 10.1. The van der Waals surface area contributed by atoms with Gasteiger partial charge in [0, 0.05) is 19.1 Å². The summed E-state index contributed by atoms with van der Waals surface area (Å²) in [6, 6.07) is 10.5. The van der Waals surface area contributed by atoms with Crippen LogP contribution in [0.4, 0.5) is 0 Å². The Morgan fingerprint density at radius 2 is 2.17 bits per heavy atom. The number of nitrogens with one attached hydrogen (secondary N) is 1.